The summed E-state index contributed by atoms with van der Waals surface area (Å²) in [5, 5.41) is 6.68. The van der Waals surface area contributed by atoms with Gasteiger partial charge < -0.3 is 16.4 Å². The maximum Gasteiger partial charge on any atom is 0.312 e. The molecule has 0 unspecified atom stereocenters. The Balaban J connectivity index is 2.32. The first-order chi connectivity index (χ1) is 7.61. The third-order valence-electron chi connectivity index (χ3n) is 1.95. The Bertz CT molecular complexity index is 371. The van der Waals surface area contributed by atoms with E-state index in [2.05, 4.69) is 10.6 Å². The van der Waals surface area contributed by atoms with Crippen LogP contribution >= 0.6 is 23.2 Å². The molecule has 6 heteroatoms. The second-order valence-electron chi connectivity index (χ2n) is 3.18. The molecule has 0 aliphatic carbocycles. The molecule has 88 valence electrons. The molecule has 1 rings (SSSR count). The van der Waals surface area contributed by atoms with E-state index in [0.717, 1.165) is 5.56 Å². The number of nitrogens with two attached hydrogens (primary N) is 1. The molecule has 0 aliphatic rings. The van der Waals surface area contributed by atoms with Crippen molar-refractivity contribution in [2.24, 2.45) is 5.73 Å². The average Bonchev–Trinajstić information content (AvgIpc) is 2.23. The van der Waals surface area contributed by atoms with E-state index in [1.807, 2.05) is 12.1 Å². The van der Waals surface area contributed by atoms with Gasteiger partial charge in [0.25, 0.3) is 0 Å². The van der Waals surface area contributed by atoms with Gasteiger partial charge in [-0.05, 0) is 11.6 Å². The number of amides is 2. The summed E-state index contributed by atoms with van der Waals surface area (Å²) in [6.45, 7) is 1.69. The predicted molar refractivity (Wildman–Crippen MR) is 65.8 cm³/mol. The standard InChI is InChI=1S/C10H13Cl2N3O/c11-8-3-1-2-7(9(8)12)6-14-4-5-15-10(13)16/h1-3,14H,4-6H2,(H3,13,15,16). The highest BCUT2D eigenvalue weighted by Gasteiger charge is 2.03. The molecule has 4 nitrogen and oxygen atoms in total. The summed E-state index contributed by atoms with van der Waals surface area (Å²) in [7, 11) is 0. The number of rotatable bonds is 5. The van der Waals surface area contributed by atoms with Gasteiger partial charge in [-0.1, -0.05) is 35.3 Å². The van der Waals surface area contributed by atoms with Crippen molar-refractivity contribution < 1.29 is 4.79 Å². The van der Waals surface area contributed by atoms with Crippen molar-refractivity contribution in [3.8, 4) is 0 Å². The fourth-order valence-corrected chi connectivity index (χ4v) is 1.57. The van der Waals surface area contributed by atoms with Crippen LogP contribution in [0.4, 0.5) is 4.79 Å². The lowest BCUT2D eigenvalue weighted by Gasteiger charge is -2.07. The van der Waals surface area contributed by atoms with Gasteiger partial charge in [-0.15, -0.1) is 0 Å². The lowest BCUT2D eigenvalue weighted by atomic mass is 10.2. The molecule has 4 N–H and O–H groups in total. The van der Waals surface area contributed by atoms with Gasteiger partial charge >= 0.3 is 6.03 Å². The molecule has 1 aromatic carbocycles. The molecule has 0 bridgehead atoms. The Hall–Kier alpha value is -0.970. The number of hydrogen-bond donors (Lipinski definition) is 3. The molecular weight excluding hydrogens is 249 g/mol. The summed E-state index contributed by atoms with van der Waals surface area (Å²) < 4.78 is 0. The highest BCUT2D eigenvalue weighted by molar-refractivity contribution is 6.42. The predicted octanol–water partition coefficient (Wildman–Crippen LogP) is 1.75. The Labute approximate surface area is 104 Å². The average molecular weight is 262 g/mol. The molecule has 1 aromatic rings. The van der Waals surface area contributed by atoms with Crippen molar-refractivity contribution >= 4 is 29.2 Å². The number of urea groups is 1. The normalized spacial score (nSPS) is 10.1. The monoisotopic (exact) mass is 261 g/mol. The van der Waals surface area contributed by atoms with Crippen LogP contribution in [0.15, 0.2) is 18.2 Å². The van der Waals surface area contributed by atoms with Gasteiger partial charge in [-0.3, -0.25) is 0 Å². The second-order valence-corrected chi connectivity index (χ2v) is 3.97. The van der Waals surface area contributed by atoms with Crippen molar-refractivity contribution in [2.45, 2.75) is 6.54 Å². The summed E-state index contributed by atoms with van der Waals surface area (Å²) in [6.07, 6.45) is 0. The first-order valence-corrected chi connectivity index (χ1v) is 5.53. The molecule has 16 heavy (non-hydrogen) atoms. The Morgan fingerprint density at radius 3 is 2.75 bits per heavy atom. The third-order valence-corrected chi connectivity index (χ3v) is 2.81. The topological polar surface area (TPSA) is 67.2 Å². The van der Waals surface area contributed by atoms with E-state index in [1.54, 1.807) is 6.07 Å². The smallest absolute Gasteiger partial charge is 0.312 e. The molecule has 0 saturated carbocycles. The van der Waals surface area contributed by atoms with E-state index in [4.69, 9.17) is 28.9 Å². The van der Waals surface area contributed by atoms with Crippen LogP contribution in [0.25, 0.3) is 0 Å². The number of hydrogen-bond acceptors (Lipinski definition) is 2. The summed E-state index contributed by atoms with van der Waals surface area (Å²) in [4.78, 5) is 10.4. The number of primary amides is 1. The van der Waals surface area contributed by atoms with Gasteiger partial charge in [0, 0.05) is 19.6 Å². The quantitative estimate of drug-likeness (QED) is 0.708. The van der Waals surface area contributed by atoms with Crippen LogP contribution in [0.3, 0.4) is 0 Å². The van der Waals surface area contributed by atoms with E-state index >= 15 is 0 Å². The number of nitrogens with one attached hydrogen (secondary N) is 2. The SMILES string of the molecule is NC(=O)NCCNCc1cccc(Cl)c1Cl. The fourth-order valence-electron chi connectivity index (χ4n) is 1.18. The van der Waals surface area contributed by atoms with Crippen molar-refractivity contribution in [3.63, 3.8) is 0 Å². The van der Waals surface area contributed by atoms with Crippen LogP contribution in [0, 0.1) is 0 Å². The molecule has 0 spiro atoms. The molecule has 0 aromatic heterocycles. The lowest BCUT2D eigenvalue weighted by Crippen LogP contribution is -2.35. The number of carbonyl (C=O) groups is 1. The first kappa shape index (κ1) is 13.1. The molecule has 0 radical (unpaired) electrons. The lowest BCUT2D eigenvalue weighted by molar-refractivity contribution is 0.249. The van der Waals surface area contributed by atoms with E-state index in [1.165, 1.54) is 0 Å². The van der Waals surface area contributed by atoms with Crippen LogP contribution < -0.4 is 16.4 Å². The fraction of sp³-hybridized carbons (Fsp3) is 0.300. The number of carbonyl (C=O) groups excluding carboxylic acids is 1. The van der Waals surface area contributed by atoms with E-state index in [-0.39, 0.29) is 0 Å². The zero-order valence-corrected chi connectivity index (χ0v) is 10.1. The zero-order valence-electron chi connectivity index (χ0n) is 8.59. The van der Waals surface area contributed by atoms with Crippen molar-refractivity contribution in [2.75, 3.05) is 13.1 Å². The number of benzene rings is 1. The van der Waals surface area contributed by atoms with Crippen LogP contribution in [0.1, 0.15) is 5.56 Å². The molecule has 0 atom stereocenters. The maximum atomic E-state index is 10.4. The molecule has 0 aliphatic heterocycles. The van der Waals surface area contributed by atoms with Crippen LogP contribution in [0.2, 0.25) is 10.0 Å². The molecule has 0 saturated heterocycles. The summed E-state index contributed by atoms with van der Waals surface area (Å²) >= 11 is 11.9. The van der Waals surface area contributed by atoms with Gasteiger partial charge in [0.1, 0.15) is 0 Å². The highest BCUT2D eigenvalue weighted by Crippen LogP contribution is 2.25. The molecule has 2 amide bonds. The first-order valence-electron chi connectivity index (χ1n) is 4.78. The van der Waals surface area contributed by atoms with Gasteiger partial charge in [-0.25, -0.2) is 4.79 Å². The minimum absolute atomic E-state index is 0.480. The largest absolute Gasteiger partial charge is 0.352 e. The van der Waals surface area contributed by atoms with Gasteiger partial charge in [0.15, 0.2) is 0 Å². The highest BCUT2D eigenvalue weighted by atomic mass is 35.5. The Morgan fingerprint density at radius 1 is 1.31 bits per heavy atom. The summed E-state index contributed by atoms with van der Waals surface area (Å²) in [5.74, 6) is 0. The zero-order chi connectivity index (χ0) is 12.0. The minimum atomic E-state index is -0.525. The molecule has 0 heterocycles. The Kier molecular flexibility index (Phi) is 5.38. The van der Waals surface area contributed by atoms with E-state index in [9.17, 15) is 4.79 Å². The van der Waals surface area contributed by atoms with E-state index in [0.29, 0.717) is 29.7 Å². The molecule has 0 fully saturated rings. The van der Waals surface area contributed by atoms with Gasteiger partial charge in [0.05, 0.1) is 10.0 Å². The van der Waals surface area contributed by atoms with Crippen LogP contribution in [-0.2, 0) is 6.54 Å². The van der Waals surface area contributed by atoms with Crippen LogP contribution in [-0.4, -0.2) is 19.1 Å². The van der Waals surface area contributed by atoms with Crippen molar-refractivity contribution in [3.05, 3.63) is 33.8 Å². The van der Waals surface area contributed by atoms with Crippen molar-refractivity contribution in [1.29, 1.82) is 0 Å². The second kappa shape index (κ2) is 6.58. The summed E-state index contributed by atoms with van der Waals surface area (Å²) in [5.41, 5.74) is 5.84. The third kappa shape index (κ3) is 4.26. The van der Waals surface area contributed by atoms with Gasteiger partial charge in [-0.2, -0.15) is 0 Å². The maximum absolute atomic E-state index is 10.4. The minimum Gasteiger partial charge on any atom is -0.352 e. The van der Waals surface area contributed by atoms with Gasteiger partial charge in [0.2, 0.25) is 0 Å². The van der Waals surface area contributed by atoms with E-state index < -0.39 is 6.03 Å². The molecular formula is C10H13Cl2N3O. The number of halogens is 2. The van der Waals surface area contributed by atoms with Crippen LogP contribution in [0.5, 0.6) is 0 Å². The van der Waals surface area contributed by atoms with Crippen molar-refractivity contribution in [1.82, 2.24) is 10.6 Å². The summed E-state index contributed by atoms with van der Waals surface area (Å²) in [6, 6.07) is 4.94. The Morgan fingerprint density at radius 2 is 2.06 bits per heavy atom.